The zero-order chi connectivity index (χ0) is 27.5. The van der Waals surface area contributed by atoms with Gasteiger partial charge in [-0.3, -0.25) is 4.57 Å². The maximum absolute atomic E-state index is 11.1. The second-order valence-electron chi connectivity index (χ2n) is 10.3. The van der Waals surface area contributed by atoms with E-state index in [-0.39, 0.29) is 13.2 Å². The molecule has 0 bridgehead atoms. The van der Waals surface area contributed by atoms with E-state index in [0.717, 1.165) is 38.5 Å². The van der Waals surface area contributed by atoms with Crippen LogP contribution in [0.3, 0.4) is 0 Å². The summed E-state index contributed by atoms with van der Waals surface area (Å²) in [6.45, 7) is 11.5. The first-order valence-corrected chi connectivity index (χ1v) is 17.1. The number of imidazole rings is 1. The number of aromatic nitrogens is 2. The summed E-state index contributed by atoms with van der Waals surface area (Å²) in [7, 11) is -4.02. The van der Waals surface area contributed by atoms with E-state index < -0.39 is 7.82 Å². The minimum Gasteiger partial charge on any atom is -0.756 e. The number of rotatable bonds is 25. The van der Waals surface area contributed by atoms with Crippen molar-refractivity contribution in [3.05, 3.63) is 18.7 Å². The zero-order valence-corrected chi connectivity index (χ0v) is 25.9. The third-order valence-electron chi connectivity index (χ3n) is 6.53. The Morgan fingerprint density at radius 2 is 1.08 bits per heavy atom. The number of phosphoric ester groups is 1. The number of hydrogen-bond acceptors (Lipinski definition) is 4. The molecule has 0 aromatic carbocycles. The predicted molar refractivity (Wildman–Crippen MR) is 155 cm³/mol. The zero-order valence-electron chi connectivity index (χ0n) is 25.0. The summed E-state index contributed by atoms with van der Waals surface area (Å²) in [5.74, 6) is 0. The van der Waals surface area contributed by atoms with Crippen molar-refractivity contribution in [3.8, 4) is 0 Å². The maximum atomic E-state index is 11.1. The number of aryl methyl sites for hydroxylation is 2. The molecule has 0 saturated carbocycles. The molecule has 7 heteroatoms. The van der Waals surface area contributed by atoms with Crippen molar-refractivity contribution in [3.63, 3.8) is 0 Å². The topological polar surface area (TPSA) is 67.4 Å². The molecule has 0 aliphatic heterocycles. The maximum Gasteiger partial charge on any atom is 0.267 e. The molecule has 1 aromatic heterocycles. The van der Waals surface area contributed by atoms with Crippen LogP contribution in [0.5, 0.6) is 0 Å². The summed E-state index contributed by atoms with van der Waals surface area (Å²) < 4.78 is 25.2. The van der Waals surface area contributed by atoms with E-state index in [9.17, 15) is 9.46 Å². The van der Waals surface area contributed by atoms with E-state index in [1.807, 2.05) is 0 Å². The van der Waals surface area contributed by atoms with E-state index in [1.54, 1.807) is 0 Å². The van der Waals surface area contributed by atoms with Crippen LogP contribution in [0.1, 0.15) is 150 Å². The van der Waals surface area contributed by atoms with Crippen molar-refractivity contribution in [2.24, 2.45) is 0 Å². The lowest BCUT2D eigenvalue weighted by Gasteiger charge is -2.22. The smallest absolute Gasteiger partial charge is 0.267 e. The Labute approximate surface area is 230 Å². The van der Waals surface area contributed by atoms with E-state index in [4.69, 9.17) is 0 Å². The molecule has 1 rings (SSSR count). The third-order valence-corrected chi connectivity index (χ3v) is 7.53. The molecule has 0 radical (unpaired) electrons. The van der Waals surface area contributed by atoms with Gasteiger partial charge in [-0.1, -0.05) is 111 Å². The minimum atomic E-state index is -4.02. The van der Waals surface area contributed by atoms with Gasteiger partial charge in [0.2, 0.25) is 6.33 Å². The Bertz CT molecular complexity index is 623. The summed E-state index contributed by atoms with van der Waals surface area (Å²) in [6.07, 6.45) is 30.5. The first-order chi connectivity index (χ1) is 18.0. The molecule has 0 N–H and O–H groups in total. The Morgan fingerprint density at radius 3 is 1.59 bits per heavy atom. The number of unbranched alkanes of at least 4 members (excludes halogenated alkanes) is 15. The second-order valence-corrected chi connectivity index (χ2v) is 11.7. The highest BCUT2D eigenvalue weighted by atomic mass is 31.2. The van der Waals surface area contributed by atoms with Crippen LogP contribution in [0, 0.1) is 0 Å². The molecule has 1 aromatic rings. The first kappa shape index (κ1) is 36.3. The molecule has 0 unspecified atom stereocenters. The van der Waals surface area contributed by atoms with Gasteiger partial charge < -0.3 is 13.9 Å². The van der Waals surface area contributed by atoms with Crippen LogP contribution in [0.15, 0.2) is 18.7 Å². The molecule has 1 heterocycles. The highest BCUT2D eigenvalue weighted by Gasteiger charge is 2.08. The molecule has 0 saturated heterocycles. The van der Waals surface area contributed by atoms with Crippen LogP contribution in [0.2, 0.25) is 0 Å². The van der Waals surface area contributed by atoms with Crippen LogP contribution in [-0.2, 0) is 26.7 Å². The Kier molecular flexibility index (Phi) is 26.4. The minimum absolute atomic E-state index is 0.238. The largest absolute Gasteiger partial charge is 0.756 e. The van der Waals surface area contributed by atoms with Gasteiger partial charge in [-0.25, -0.2) is 9.13 Å². The Hall–Kier alpha value is -0.680. The van der Waals surface area contributed by atoms with E-state index >= 15 is 0 Å². The van der Waals surface area contributed by atoms with E-state index in [2.05, 4.69) is 64.6 Å². The van der Waals surface area contributed by atoms with Crippen LogP contribution in [0.4, 0.5) is 0 Å². The summed E-state index contributed by atoms with van der Waals surface area (Å²) in [4.78, 5) is 11.1. The van der Waals surface area contributed by atoms with Crippen molar-refractivity contribution < 1.29 is 23.1 Å². The Morgan fingerprint density at radius 1 is 0.649 bits per heavy atom. The fourth-order valence-electron chi connectivity index (χ4n) is 4.12. The van der Waals surface area contributed by atoms with Crippen molar-refractivity contribution in [1.82, 2.24) is 4.57 Å². The molecule has 0 spiro atoms. The van der Waals surface area contributed by atoms with Crippen molar-refractivity contribution in [2.75, 3.05) is 13.2 Å². The van der Waals surface area contributed by atoms with Crippen LogP contribution >= 0.6 is 7.82 Å². The molecular weight excluding hydrogens is 483 g/mol. The molecule has 0 fully saturated rings. The molecule has 37 heavy (non-hydrogen) atoms. The standard InChI is InChI=1S/C20H39N2.C10H23O4P/c1-3-5-7-8-9-10-11-12-13-15-17-22-19-18-21(20-22)16-14-6-4-2;1-3-5-7-9-13-15(11,12)14-10-8-6-4-2/h18-20H,3-17H2,1-2H3;3-10H2,1-2H3,(H,11,12)/q+1;/p-1. The van der Waals surface area contributed by atoms with Crippen LogP contribution in [-0.4, -0.2) is 17.8 Å². The third kappa shape index (κ3) is 25.4. The summed E-state index contributed by atoms with van der Waals surface area (Å²) in [5, 5.41) is 0. The second kappa shape index (κ2) is 26.9. The number of nitrogens with zero attached hydrogens (tertiary/aromatic N) is 2. The number of phosphoric acid groups is 1. The monoisotopic (exact) mass is 544 g/mol. The lowest BCUT2D eigenvalue weighted by Crippen LogP contribution is -2.30. The van der Waals surface area contributed by atoms with Gasteiger partial charge in [0.15, 0.2) is 0 Å². The van der Waals surface area contributed by atoms with Gasteiger partial charge in [-0.2, -0.15) is 0 Å². The lowest BCUT2D eigenvalue weighted by atomic mass is 10.1. The van der Waals surface area contributed by atoms with Gasteiger partial charge in [-0.05, 0) is 38.5 Å². The van der Waals surface area contributed by atoms with Crippen molar-refractivity contribution >= 4 is 7.82 Å². The van der Waals surface area contributed by atoms with Gasteiger partial charge in [-0.15, -0.1) is 0 Å². The molecule has 0 aliphatic carbocycles. The SMILES string of the molecule is CCCCCCCCCCCCn1cc[n+](CCCCC)c1.CCCCCOP(=O)([O-])OCCCCC. The predicted octanol–water partition coefficient (Wildman–Crippen LogP) is 8.76. The highest BCUT2D eigenvalue weighted by Crippen LogP contribution is 2.38. The molecule has 220 valence electrons. The molecular formula is C30H61N2O4P. The van der Waals surface area contributed by atoms with E-state index in [1.165, 1.54) is 96.6 Å². The molecule has 0 aliphatic rings. The van der Waals surface area contributed by atoms with E-state index in [0.29, 0.717) is 0 Å². The Balaban J connectivity index is 0.000000757. The molecule has 6 nitrogen and oxygen atoms in total. The molecule has 0 amide bonds. The highest BCUT2D eigenvalue weighted by molar-refractivity contribution is 7.45. The number of hydrogen-bond donors (Lipinski definition) is 0. The fraction of sp³-hybridized carbons (Fsp3) is 0.900. The van der Waals surface area contributed by atoms with Gasteiger partial charge >= 0.3 is 0 Å². The van der Waals surface area contributed by atoms with Crippen molar-refractivity contribution in [1.29, 1.82) is 0 Å². The quantitative estimate of drug-likeness (QED) is 0.0701. The summed E-state index contributed by atoms with van der Waals surface area (Å²) in [5.41, 5.74) is 0. The average Bonchev–Trinajstić information content (AvgIpc) is 3.34. The first-order valence-electron chi connectivity index (χ1n) is 15.6. The molecule has 0 atom stereocenters. The van der Waals surface area contributed by atoms with Gasteiger partial charge in [0, 0.05) is 0 Å². The van der Waals surface area contributed by atoms with Gasteiger partial charge in [0.25, 0.3) is 7.82 Å². The summed E-state index contributed by atoms with van der Waals surface area (Å²) >= 11 is 0. The fourth-order valence-corrected chi connectivity index (χ4v) is 4.90. The normalized spacial score (nSPS) is 11.5. The van der Waals surface area contributed by atoms with Gasteiger partial charge in [0.05, 0.1) is 26.3 Å². The van der Waals surface area contributed by atoms with Crippen LogP contribution in [0.25, 0.3) is 0 Å². The van der Waals surface area contributed by atoms with Gasteiger partial charge in [0.1, 0.15) is 12.4 Å². The summed E-state index contributed by atoms with van der Waals surface area (Å²) in [6, 6.07) is 0. The average molecular weight is 545 g/mol. The van der Waals surface area contributed by atoms with Crippen LogP contribution < -0.4 is 9.46 Å². The van der Waals surface area contributed by atoms with Crippen molar-refractivity contribution in [2.45, 2.75) is 163 Å². The lowest BCUT2D eigenvalue weighted by molar-refractivity contribution is -0.696.